The fraction of sp³-hybridized carbons (Fsp3) is 0.367. The lowest BCUT2D eigenvalue weighted by atomic mass is 9.35. The summed E-state index contributed by atoms with van der Waals surface area (Å²) in [5.74, 6) is 0.451. The summed E-state index contributed by atoms with van der Waals surface area (Å²) in [6.45, 7) is 24.1. The van der Waals surface area contributed by atoms with Crippen molar-refractivity contribution in [3.63, 3.8) is 0 Å². The number of fused-ring (bicyclic) bond motifs is 7. The quantitative estimate of drug-likeness (QED) is 0.154. The van der Waals surface area contributed by atoms with Gasteiger partial charge in [0.05, 0.1) is 17.8 Å². The number of benzene rings is 4. The number of anilines is 6. The second-order valence-electron chi connectivity index (χ2n) is 22.5. The zero-order valence-electron chi connectivity index (χ0n) is 40.4. The number of nitrogens with zero attached hydrogens (tertiary/aromatic N) is 3. The van der Waals surface area contributed by atoms with Gasteiger partial charge in [-0.05, 0) is 149 Å². The van der Waals surface area contributed by atoms with Gasteiger partial charge < -0.3 is 14.7 Å². The molecule has 0 radical (unpaired) electrons. The molecular formula is C60H66BN3S. The Morgan fingerprint density at radius 3 is 2.20 bits per heavy atom. The minimum absolute atomic E-state index is 0.0125. The Bertz CT molecular complexity index is 2940. The lowest BCUT2D eigenvalue weighted by molar-refractivity contribution is 0.332. The van der Waals surface area contributed by atoms with Crippen molar-refractivity contribution in [1.82, 2.24) is 0 Å². The largest absolute Gasteiger partial charge is 0.335 e. The molecule has 5 aromatic rings. The van der Waals surface area contributed by atoms with Crippen LogP contribution < -0.4 is 30.4 Å². The molecule has 5 heteroatoms. The Hall–Kier alpha value is -5.26. The summed E-state index contributed by atoms with van der Waals surface area (Å²) in [6, 6.07) is 27.9. The maximum Gasteiger partial charge on any atom is 0.264 e. The van der Waals surface area contributed by atoms with Crippen molar-refractivity contribution in [3.8, 4) is 0 Å². The maximum atomic E-state index is 2.82. The van der Waals surface area contributed by atoms with Crippen LogP contribution in [0.5, 0.6) is 0 Å². The molecular weight excluding hydrogens is 806 g/mol. The second kappa shape index (κ2) is 15.4. The summed E-state index contributed by atoms with van der Waals surface area (Å²) >= 11 is 2.03. The van der Waals surface area contributed by atoms with E-state index in [-0.39, 0.29) is 35.0 Å². The van der Waals surface area contributed by atoms with Crippen LogP contribution in [0.15, 0.2) is 139 Å². The average molecular weight is 872 g/mol. The van der Waals surface area contributed by atoms with Gasteiger partial charge in [-0.3, -0.25) is 0 Å². The lowest BCUT2D eigenvalue weighted by Gasteiger charge is -2.49. The van der Waals surface area contributed by atoms with Gasteiger partial charge in [-0.25, -0.2) is 0 Å². The highest BCUT2D eigenvalue weighted by molar-refractivity contribution is 7.33. The van der Waals surface area contributed by atoms with Crippen LogP contribution in [0.25, 0.3) is 10.1 Å². The van der Waals surface area contributed by atoms with Gasteiger partial charge in [0.2, 0.25) is 0 Å². The highest BCUT2D eigenvalue weighted by Gasteiger charge is 2.49. The summed E-state index contributed by atoms with van der Waals surface area (Å²) in [6.07, 6.45) is 29.9. The van der Waals surface area contributed by atoms with E-state index in [1.165, 1.54) is 106 Å². The summed E-state index contributed by atoms with van der Waals surface area (Å²) < 4.78 is 2.82. The first-order chi connectivity index (χ1) is 31.1. The zero-order chi connectivity index (χ0) is 45.2. The molecule has 0 fully saturated rings. The second-order valence-corrected chi connectivity index (χ2v) is 23.6. The molecule has 65 heavy (non-hydrogen) atoms. The molecule has 0 N–H and O–H groups in total. The summed E-state index contributed by atoms with van der Waals surface area (Å²) in [5.41, 5.74) is 19.4. The van der Waals surface area contributed by atoms with Crippen molar-refractivity contribution in [2.24, 2.45) is 0 Å². The monoisotopic (exact) mass is 872 g/mol. The number of rotatable bonds is 6. The third-order valence-electron chi connectivity index (χ3n) is 15.9. The van der Waals surface area contributed by atoms with Gasteiger partial charge in [-0.1, -0.05) is 147 Å². The van der Waals surface area contributed by atoms with Gasteiger partial charge in [-0.15, -0.1) is 11.3 Å². The van der Waals surface area contributed by atoms with E-state index in [1.807, 2.05) is 11.3 Å². The fourth-order valence-electron chi connectivity index (χ4n) is 11.9. The Balaban J connectivity index is 1.29. The fourth-order valence-corrected chi connectivity index (χ4v) is 13.2. The molecule has 2 aliphatic heterocycles. The third-order valence-corrected chi connectivity index (χ3v) is 17.1. The third kappa shape index (κ3) is 6.89. The SMILES string of the molecule is CC1=CC=CCC1N1c2cc3c(cc2B2c4sc5ccc(C(C)(C)C)cc5c4N(c4ccc(C(C)C)cc4)c4cc(N(C5=CCCC=C5)C5C=CC=CC5)cc1c42)C(C)(C)CCC3(C)C. The molecule has 4 aromatic carbocycles. The van der Waals surface area contributed by atoms with E-state index in [4.69, 9.17) is 0 Å². The molecule has 2 atom stereocenters. The number of hydrogen-bond donors (Lipinski definition) is 0. The Labute approximate surface area is 393 Å². The van der Waals surface area contributed by atoms with E-state index in [2.05, 4.69) is 211 Å². The van der Waals surface area contributed by atoms with Crippen molar-refractivity contribution in [3.05, 3.63) is 161 Å². The van der Waals surface area contributed by atoms with Crippen molar-refractivity contribution in [1.29, 1.82) is 0 Å². The van der Waals surface area contributed by atoms with Crippen LogP contribution in [-0.2, 0) is 16.2 Å². The van der Waals surface area contributed by atoms with E-state index in [0.717, 1.165) is 25.7 Å². The van der Waals surface area contributed by atoms with Crippen LogP contribution in [-0.4, -0.2) is 18.8 Å². The minimum atomic E-state index is 0.0125. The molecule has 0 saturated carbocycles. The van der Waals surface area contributed by atoms with Gasteiger partial charge in [0.25, 0.3) is 6.71 Å². The van der Waals surface area contributed by atoms with Crippen LogP contribution in [0.1, 0.15) is 136 Å². The molecule has 1 aromatic heterocycles. The van der Waals surface area contributed by atoms with Crippen molar-refractivity contribution in [2.45, 2.75) is 142 Å². The van der Waals surface area contributed by atoms with Gasteiger partial charge in [0.15, 0.2) is 0 Å². The Morgan fingerprint density at radius 1 is 0.785 bits per heavy atom. The Kier molecular flexibility index (Phi) is 10.0. The van der Waals surface area contributed by atoms with E-state index < -0.39 is 0 Å². The van der Waals surface area contributed by atoms with Crippen LogP contribution in [0, 0.1) is 0 Å². The molecule has 4 aliphatic carbocycles. The van der Waals surface area contributed by atoms with Crippen LogP contribution >= 0.6 is 11.3 Å². The highest BCUT2D eigenvalue weighted by atomic mass is 32.1. The first-order valence-corrected chi connectivity index (χ1v) is 25.4. The molecule has 0 amide bonds. The van der Waals surface area contributed by atoms with Crippen LogP contribution in [0.4, 0.5) is 34.1 Å². The topological polar surface area (TPSA) is 9.72 Å². The van der Waals surface area contributed by atoms with E-state index in [9.17, 15) is 0 Å². The molecule has 6 aliphatic rings. The molecule has 330 valence electrons. The van der Waals surface area contributed by atoms with Gasteiger partial charge >= 0.3 is 0 Å². The molecule has 0 bridgehead atoms. The predicted molar refractivity (Wildman–Crippen MR) is 285 cm³/mol. The van der Waals surface area contributed by atoms with Gasteiger partial charge in [-0.2, -0.15) is 0 Å². The van der Waals surface area contributed by atoms with Crippen molar-refractivity contribution in [2.75, 3.05) is 14.7 Å². The molecule has 0 saturated heterocycles. The van der Waals surface area contributed by atoms with E-state index >= 15 is 0 Å². The van der Waals surface area contributed by atoms with Crippen LogP contribution in [0.3, 0.4) is 0 Å². The smallest absolute Gasteiger partial charge is 0.264 e. The normalized spacial score (nSPS) is 21.2. The standard InChI is InChI=1S/C60H66BN3S/c1-38(2)40-25-28-44(29-26-40)63-52-34-45(62(42-20-13-11-14-21-42)43-22-15-12-16-23-43)35-53-55(52)61(57-56(63)46-33-41(58(4,5)6)27-30-54(46)65-57)49-36-47-48(60(9,10)32-31-59(47,7)8)37-51(49)64(53)50-24-18-17-19-39(50)3/h11,13-15,17-20,22-23,25-30,33-38,42,50H,12,16,21,24,31-32H2,1-10H3. The number of allylic oxidation sites excluding steroid dienone is 7. The first kappa shape index (κ1) is 42.4. The Morgan fingerprint density at radius 2 is 1.52 bits per heavy atom. The molecule has 3 nitrogen and oxygen atoms in total. The number of hydrogen-bond acceptors (Lipinski definition) is 4. The zero-order valence-corrected chi connectivity index (χ0v) is 41.2. The lowest BCUT2D eigenvalue weighted by Crippen LogP contribution is -2.62. The average Bonchev–Trinajstić information content (AvgIpc) is 3.67. The highest BCUT2D eigenvalue weighted by Crippen LogP contribution is 2.53. The molecule has 0 spiro atoms. The molecule has 11 rings (SSSR count). The minimum Gasteiger partial charge on any atom is -0.335 e. The van der Waals surface area contributed by atoms with E-state index in [1.54, 1.807) is 0 Å². The number of thiophene rings is 1. The summed E-state index contributed by atoms with van der Waals surface area (Å²) in [5, 5.41) is 1.36. The van der Waals surface area contributed by atoms with Crippen LogP contribution in [0.2, 0.25) is 0 Å². The molecule has 2 unspecified atom stereocenters. The van der Waals surface area contributed by atoms with Crippen molar-refractivity contribution >= 4 is 78.0 Å². The van der Waals surface area contributed by atoms with Crippen molar-refractivity contribution < 1.29 is 0 Å². The molecule has 3 heterocycles. The predicted octanol–water partition coefficient (Wildman–Crippen LogP) is 14.6. The van der Waals surface area contributed by atoms with Gasteiger partial charge in [0.1, 0.15) is 0 Å². The summed E-state index contributed by atoms with van der Waals surface area (Å²) in [7, 11) is 0. The first-order valence-electron chi connectivity index (χ1n) is 24.6. The maximum absolute atomic E-state index is 2.82. The summed E-state index contributed by atoms with van der Waals surface area (Å²) in [4.78, 5) is 8.18. The van der Waals surface area contributed by atoms with Gasteiger partial charge in [0, 0.05) is 49.0 Å². The van der Waals surface area contributed by atoms with E-state index in [0.29, 0.717) is 5.92 Å².